The summed E-state index contributed by atoms with van der Waals surface area (Å²) in [6, 6.07) is 9.14. The first kappa shape index (κ1) is 7.67. The average Bonchev–Trinajstić information content (AvgIpc) is 2.47. The molecule has 0 spiro atoms. The summed E-state index contributed by atoms with van der Waals surface area (Å²) in [6.07, 6.45) is 0. The van der Waals surface area contributed by atoms with E-state index in [1.165, 1.54) is 0 Å². The molecule has 0 saturated carbocycles. The van der Waals surface area contributed by atoms with Gasteiger partial charge in [0.1, 0.15) is 0 Å². The molecule has 0 amide bonds. The van der Waals surface area contributed by atoms with Crippen molar-refractivity contribution in [1.82, 2.24) is 4.98 Å². The van der Waals surface area contributed by atoms with Gasteiger partial charge in [0, 0.05) is 5.56 Å². The van der Waals surface area contributed by atoms with E-state index in [-0.39, 0.29) is 11.9 Å². The molecule has 0 saturated heterocycles. The van der Waals surface area contributed by atoms with Gasteiger partial charge >= 0.3 is 0 Å². The van der Waals surface area contributed by atoms with Gasteiger partial charge in [-0.1, -0.05) is 30.3 Å². The highest BCUT2D eigenvalue weighted by atomic mass is 16.4. The van der Waals surface area contributed by atoms with Gasteiger partial charge in [0.2, 0.25) is 0 Å². The fourth-order valence-corrected chi connectivity index (χ4v) is 1.11. The zero-order chi connectivity index (χ0) is 9.26. The van der Waals surface area contributed by atoms with Crippen LogP contribution in [-0.2, 0) is 0 Å². The monoisotopic (exact) mass is 176 g/mol. The second-order valence-corrected chi connectivity index (χ2v) is 2.57. The van der Waals surface area contributed by atoms with E-state index in [4.69, 9.17) is 10.2 Å². The third-order valence-corrected chi connectivity index (χ3v) is 1.66. The summed E-state index contributed by atoms with van der Waals surface area (Å²) in [5, 5.41) is 9.30. The highest BCUT2D eigenvalue weighted by Gasteiger charge is 2.11. The molecular weight excluding hydrogens is 168 g/mol. The van der Waals surface area contributed by atoms with Crippen molar-refractivity contribution in [2.24, 2.45) is 0 Å². The number of benzene rings is 1. The van der Waals surface area contributed by atoms with Gasteiger partial charge in [-0.15, -0.1) is 0 Å². The lowest BCUT2D eigenvalue weighted by Gasteiger charge is -1.93. The summed E-state index contributed by atoms with van der Waals surface area (Å²) in [5.41, 5.74) is 6.03. The van der Waals surface area contributed by atoms with E-state index in [1.807, 2.05) is 18.2 Å². The van der Waals surface area contributed by atoms with Gasteiger partial charge in [0.05, 0.1) is 0 Å². The van der Waals surface area contributed by atoms with Crippen LogP contribution >= 0.6 is 0 Å². The molecule has 1 aromatic carbocycles. The van der Waals surface area contributed by atoms with Crippen LogP contribution in [0.4, 0.5) is 6.01 Å². The third kappa shape index (κ3) is 1.33. The number of anilines is 1. The maximum atomic E-state index is 9.30. The van der Waals surface area contributed by atoms with Gasteiger partial charge < -0.3 is 15.3 Å². The maximum Gasteiger partial charge on any atom is 0.295 e. The van der Waals surface area contributed by atoms with Gasteiger partial charge in [0.15, 0.2) is 5.76 Å². The number of aromatic hydroxyl groups is 1. The van der Waals surface area contributed by atoms with Crippen LogP contribution in [-0.4, -0.2) is 10.1 Å². The zero-order valence-corrected chi connectivity index (χ0v) is 6.77. The summed E-state index contributed by atoms with van der Waals surface area (Å²) >= 11 is 0. The van der Waals surface area contributed by atoms with Crippen molar-refractivity contribution in [3.05, 3.63) is 30.3 Å². The Labute approximate surface area is 74.6 Å². The summed E-state index contributed by atoms with van der Waals surface area (Å²) in [5.74, 6) is 0.127. The first-order chi connectivity index (χ1) is 6.27. The molecule has 0 aliphatic heterocycles. The fourth-order valence-electron chi connectivity index (χ4n) is 1.11. The minimum absolute atomic E-state index is 0.0312. The topological polar surface area (TPSA) is 72.3 Å². The molecular formula is C9H8N2O2. The number of rotatable bonds is 1. The molecule has 66 valence electrons. The summed E-state index contributed by atoms with van der Waals surface area (Å²) in [7, 11) is 0. The minimum Gasteiger partial charge on any atom is -0.490 e. The van der Waals surface area contributed by atoms with E-state index < -0.39 is 0 Å². The molecule has 1 aromatic heterocycles. The molecule has 0 unspecified atom stereocenters. The van der Waals surface area contributed by atoms with Gasteiger partial charge in [-0.05, 0) is 0 Å². The first-order valence-corrected chi connectivity index (χ1v) is 3.78. The zero-order valence-electron chi connectivity index (χ0n) is 6.77. The van der Waals surface area contributed by atoms with Gasteiger partial charge in [-0.25, -0.2) is 0 Å². The Morgan fingerprint density at radius 3 is 2.46 bits per heavy atom. The van der Waals surface area contributed by atoms with Crippen molar-refractivity contribution >= 4 is 6.01 Å². The van der Waals surface area contributed by atoms with Crippen molar-refractivity contribution < 1.29 is 9.52 Å². The van der Waals surface area contributed by atoms with Crippen LogP contribution in [0.1, 0.15) is 0 Å². The standard InChI is InChI=1S/C9H8N2O2/c10-9-11-8(12)7(13-9)6-4-2-1-3-5-6/h1-5,12H,(H2,10,11). The summed E-state index contributed by atoms with van der Waals surface area (Å²) in [6.45, 7) is 0. The number of nitrogen functional groups attached to an aromatic ring is 1. The van der Waals surface area contributed by atoms with E-state index in [2.05, 4.69) is 4.98 Å². The van der Waals surface area contributed by atoms with E-state index in [1.54, 1.807) is 12.1 Å². The van der Waals surface area contributed by atoms with Crippen LogP contribution in [0, 0.1) is 0 Å². The Kier molecular flexibility index (Phi) is 1.66. The van der Waals surface area contributed by atoms with Crippen LogP contribution in [0.25, 0.3) is 11.3 Å². The summed E-state index contributed by atoms with van der Waals surface area (Å²) in [4.78, 5) is 3.55. The fraction of sp³-hybridized carbons (Fsp3) is 0. The first-order valence-electron chi connectivity index (χ1n) is 3.78. The average molecular weight is 176 g/mol. The van der Waals surface area contributed by atoms with Crippen LogP contribution in [0.3, 0.4) is 0 Å². The minimum atomic E-state index is -0.177. The smallest absolute Gasteiger partial charge is 0.295 e. The molecule has 3 N–H and O–H groups in total. The number of hydrogen-bond acceptors (Lipinski definition) is 4. The molecule has 0 radical (unpaired) electrons. The van der Waals surface area contributed by atoms with Gasteiger partial charge in [0.25, 0.3) is 11.9 Å². The largest absolute Gasteiger partial charge is 0.490 e. The van der Waals surface area contributed by atoms with E-state index in [9.17, 15) is 5.11 Å². The molecule has 0 aliphatic carbocycles. The molecule has 2 rings (SSSR count). The quantitative estimate of drug-likeness (QED) is 0.692. The second kappa shape index (κ2) is 2.82. The Hall–Kier alpha value is -1.97. The molecule has 0 atom stereocenters. The number of hydrogen-bond donors (Lipinski definition) is 2. The van der Waals surface area contributed by atoms with Crippen LogP contribution in [0.15, 0.2) is 34.7 Å². The Morgan fingerprint density at radius 1 is 1.23 bits per heavy atom. The lowest BCUT2D eigenvalue weighted by molar-refractivity contribution is 0.453. The van der Waals surface area contributed by atoms with Crippen molar-refractivity contribution in [2.45, 2.75) is 0 Å². The molecule has 2 aromatic rings. The van der Waals surface area contributed by atoms with Crippen molar-refractivity contribution in [1.29, 1.82) is 0 Å². The lowest BCUT2D eigenvalue weighted by atomic mass is 10.2. The molecule has 4 heteroatoms. The van der Waals surface area contributed by atoms with Crippen LogP contribution < -0.4 is 5.73 Å². The highest BCUT2D eigenvalue weighted by Crippen LogP contribution is 2.29. The molecule has 0 aliphatic rings. The van der Waals surface area contributed by atoms with Gasteiger partial charge in [-0.2, -0.15) is 4.98 Å². The predicted molar refractivity (Wildman–Crippen MR) is 48.0 cm³/mol. The Morgan fingerprint density at radius 2 is 1.92 bits per heavy atom. The number of aromatic nitrogens is 1. The van der Waals surface area contributed by atoms with E-state index in [0.717, 1.165) is 5.56 Å². The van der Waals surface area contributed by atoms with Crippen molar-refractivity contribution in [3.8, 4) is 17.2 Å². The number of oxazole rings is 1. The Balaban J connectivity index is 2.53. The number of nitrogens with zero attached hydrogens (tertiary/aromatic N) is 1. The molecule has 13 heavy (non-hydrogen) atoms. The maximum absolute atomic E-state index is 9.30. The van der Waals surface area contributed by atoms with Crippen molar-refractivity contribution in [2.75, 3.05) is 5.73 Å². The highest BCUT2D eigenvalue weighted by molar-refractivity contribution is 5.63. The SMILES string of the molecule is Nc1nc(O)c(-c2ccccc2)o1. The van der Waals surface area contributed by atoms with E-state index in [0.29, 0.717) is 5.76 Å². The summed E-state index contributed by atoms with van der Waals surface area (Å²) < 4.78 is 5.02. The molecule has 0 fully saturated rings. The van der Waals surface area contributed by atoms with E-state index >= 15 is 0 Å². The Bertz CT molecular complexity index is 409. The normalized spacial score (nSPS) is 10.2. The van der Waals surface area contributed by atoms with Crippen molar-refractivity contribution in [3.63, 3.8) is 0 Å². The van der Waals surface area contributed by atoms with Crippen LogP contribution in [0.5, 0.6) is 5.88 Å². The third-order valence-electron chi connectivity index (χ3n) is 1.66. The number of nitrogens with two attached hydrogens (primary N) is 1. The predicted octanol–water partition coefficient (Wildman–Crippen LogP) is 1.63. The van der Waals surface area contributed by atoms with Crippen LogP contribution in [0.2, 0.25) is 0 Å². The second-order valence-electron chi connectivity index (χ2n) is 2.57. The lowest BCUT2D eigenvalue weighted by Crippen LogP contribution is -1.80. The van der Waals surface area contributed by atoms with Gasteiger partial charge in [-0.3, -0.25) is 0 Å². The molecule has 1 heterocycles. The molecule has 4 nitrogen and oxygen atoms in total. The molecule has 0 bridgehead atoms.